The first-order valence-corrected chi connectivity index (χ1v) is 19.4. The number of nitrogens with one attached hydrogen (secondary N) is 7. The molecule has 0 saturated carbocycles. The van der Waals surface area contributed by atoms with Crippen LogP contribution in [0.4, 0.5) is 0 Å². The number of hydrogen-bond acceptors (Lipinski definition) is 7. The molecule has 0 fully saturated rings. The molecule has 0 aliphatic rings. The molecular weight excluding hydrogens is 530 g/mol. The van der Waals surface area contributed by atoms with Crippen molar-refractivity contribution in [2.24, 2.45) is 0 Å². The van der Waals surface area contributed by atoms with Gasteiger partial charge in [0.05, 0.1) is 0 Å². The zero-order chi connectivity index (χ0) is 31.0. The molecule has 0 atom stereocenters. The van der Waals surface area contributed by atoms with Gasteiger partial charge < -0.3 is 37.2 Å². The molecule has 0 amide bonds. The summed E-state index contributed by atoms with van der Waals surface area (Å²) < 4.78 is 0. The molecule has 0 radical (unpaired) electrons. The van der Waals surface area contributed by atoms with E-state index in [9.17, 15) is 0 Å². The fourth-order valence-electron chi connectivity index (χ4n) is 5.41. The highest BCUT2D eigenvalue weighted by atomic mass is 15.0. The average molecular weight is 612 g/mol. The highest BCUT2D eigenvalue weighted by molar-refractivity contribution is 4.60. The van der Waals surface area contributed by atoms with E-state index in [1.165, 1.54) is 142 Å². The highest BCUT2D eigenvalue weighted by Crippen LogP contribution is 2.11. The van der Waals surface area contributed by atoms with E-state index in [2.05, 4.69) is 51.1 Å². The predicted octanol–water partition coefficient (Wildman–Crippen LogP) is 5.96. The summed E-state index contributed by atoms with van der Waals surface area (Å²) in [7, 11) is 0. The van der Waals surface area contributed by atoms with E-state index in [0.29, 0.717) is 0 Å². The standard InChI is InChI=1S/C36H81N7/c1-3-5-7-9-11-13-15-17-19-21-23-37-25-27-39-29-31-41-33-35-43-36-34-42-32-30-40-28-26-38-24-22-20-18-16-14-12-10-8-6-4-2/h37-43H,3-36H2,1-2H3. The Balaban J connectivity index is 3.02. The summed E-state index contributed by atoms with van der Waals surface area (Å²) in [4.78, 5) is 0. The quantitative estimate of drug-likeness (QED) is 0.0431. The largest absolute Gasteiger partial charge is 0.315 e. The highest BCUT2D eigenvalue weighted by Gasteiger charge is 1.95. The van der Waals surface area contributed by atoms with Crippen LogP contribution >= 0.6 is 0 Å². The minimum Gasteiger partial charge on any atom is -0.315 e. The lowest BCUT2D eigenvalue weighted by atomic mass is 10.1. The van der Waals surface area contributed by atoms with Crippen molar-refractivity contribution in [1.82, 2.24) is 37.2 Å². The van der Waals surface area contributed by atoms with Crippen LogP contribution in [-0.2, 0) is 0 Å². The van der Waals surface area contributed by atoms with Crippen molar-refractivity contribution in [3.8, 4) is 0 Å². The van der Waals surface area contributed by atoms with Crippen molar-refractivity contribution in [3.63, 3.8) is 0 Å². The summed E-state index contributed by atoms with van der Waals surface area (Å²) in [6.07, 6.45) is 28.2. The first-order valence-electron chi connectivity index (χ1n) is 19.4. The fourth-order valence-corrected chi connectivity index (χ4v) is 5.41. The Morgan fingerprint density at radius 3 is 0.558 bits per heavy atom. The Morgan fingerprint density at radius 1 is 0.186 bits per heavy atom. The van der Waals surface area contributed by atoms with Crippen LogP contribution in [-0.4, -0.2) is 91.6 Å². The molecule has 0 saturated heterocycles. The molecule has 0 spiro atoms. The summed E-state index contributed by atoms with van der Waals surface area (Å²) in [6.45, 7) is 19.5. The molecule has 260 valence electrons. The molecule has 43 heavy (non-hydrogen) atoms. The minimum absolute atomic E-state index is 1.03. The monoisotopic (exact) mass is 612 g/mol. The van der Waals surface area contributed by atoms with Crippen molar-refractivity contribution in [2.45, 2.75) is 142 Å². The van der Waals surface area contributed by atoms with Crippen molar-refractivity contribution in [1.29, 1.82) is 0 Å². The topological polar surface area (TPSA) is 84.2 Å². The summed E-state index contributed by atoms with van der Waals surface area (Å²) in [5, 5.41) is 24.7. The Hall–Kier alpha value is -0.280. The number of rotatable bonds is 40. The summed E-state index contributed by atoms with van der Waals surface area (Å²) in [5.74, 6) is 0. The summed E-state index contributed by atoms with van der Waals surface area (Å²) in [6, 6.07) is 0. The van der Waals surface area contributed by atoms with E-state index in [-0.39, 0.29) is 0 Å². The van der Waals surface area contributed by atoms with Gasteiger partial charge in [0.1, 0.15) is 0 Å². The van der Waals surface area contributed by atoms with Gasteiger partial charge in [0, 0.05) is 78.5 Å². The third kappa shape index (κ3) is 41.7. The van der Waals surface area contributed by atoms with E-state index >= 15 is 0 Å². The molecule has 0 aromatic rings. The zero-order valence-electron chi connectivity index (χ0n) is 29.5. The second-order valence-electron chi connectivity index (χ2n) is 12.6. The van der Waals surface area contributed by atoms with Crippen LogP contribution in [0.1, 0.15) is 142 Å². The van der Waals surface area contributed by atoms with Crippen LogP contribution in [0.15, 0.2) is 0 Å². The second kappa shape index (κ2) is 41.7. The van der Waals surface area contributed by atoms with Crippen LogP contribution in [0.3, 0.4) is 0 Å². The van der Waals surface area contributed by atoms with E-state index in [4.69, 9.17) is 0 Å². The van der Waals surface area contributed by atoms with Gasteiger partial charge in [0.2, 0.25) is 0 Å². The maximum Gasteiger partial charge on any atom is 0.00772 e. The SMILES string of the molecule is CCCCCCCCCCCCNCCNCCNCCNCCNCCNCCNCCCCCCCCCCCC. The van der Waals surface area contributed by atoms with Crippen LogP contribution in [0, 0.1) is 0 Å². The van der Waals surface area contributed by atoms with Crippen molar-refractivity contribution >= 4 is 0 Å². The zero-order valence-corrected chi connectivity index (χ0v) is 29.5. The molecule has 0 aliphatic heterocycles. The molecule has 0 aliphatic carbocycles. The molecule has 0 aromatic carbocycles. The molecule has 7 nitrogen and oxygen atoms in total. The smallest absolute Gasteiger partial charge is 0.00772 e. The molecule has 0 aromatic heterocycles. The number of hydrogen-bond donors (Lipinski definition) is 7. The van der Waals surface area contributed by atoms with Crippen LogP contribution in [0.5, 0.6) is 0 Å². The maximum atomic E-state index is 3.58. The van der Waals surface area contributed by atoms with Crippen molar-refractivity contribution < 1.29 is 0 Å². The first-order chi connectivity index (χ1) is 21.4. The van der Waals surface area contributed by atoms with Gasteiger partial charge in [-0.05, 0) is 25.9 Å². The number of unbranched alkanes of at least 4 members (excludes halogenated alkanes) is 18. The van der Waals surface area contributed by atoms with E-state index in [0.717, 1.165) is 78.5 Å². The molecule has 7 heteroatoms. The van der Waals surface area contributed by atoms with Crippen molar-refractivity contribution in [3.05, 3.63) is 0 Å². The molecule has 0 unspecified atom stereocenters. The Bertz CT molecular complexity index is 427. The van der Waals surface area contributed by atoms with Crippen molar-refractivity contribution in [2.75, 3.05) is 91.6 Å². The molecule has 0 bridgehead atoms. The maximum absolute atomic E-state index is 3.58. The van der Waals surface area contributed by atoms with E-state index < -0.39 is 0 Å². The lowest BCUT2D eigenvalue weighted by molar-refractivity contribution is 0.530. The van der Waals surface area contributed by atoms with Crippen LogP contribution < -0.4 is 37.2 Å². The molecule has 0 heterocycles. The molecular formula is C36H81N7. The van der Waals surface area contributed by atoms with Gasteiger partial charge in [-0.2, -0.15) is 0 Å². The van der Waals surface area contributed by atoms with Gasteiger partial charge in [-0.15, -0.1) is 0 Å². The van der Waals surface area contributed by atoms with Gasteiger partial charge in [-0.3, -0.25) is 0 Å². The lowest BCUT2D eigenvalue weighted by Gasteiger charge is -2.10. The van der Waals surface area contributed by atoms with Gasteiger partial charge in [-0.25, -0.2) is 0 Å². The van der Waals surface area contributed by atoms with E-state index in [1.54, 1.807) is 0 Å². The molecule has 7 N–H and O–H groups in total. The predicted molar refractivity (Wildman–Crippen MR) is 194 cm³/mol. The minimum atomic E-state index is 1.03. The van der Waals surface area contributed by atoms with E-state index in [1.807, 2.05) is 0 Å². The van der Waals surface area contributed by atoms with Gasteiger partial charge in [0.15, 0.2) is 0 Å². The molecule has 0 rings (SSSR count). The van der Waals surface area contributed by atoms with Gasteiger partial charge >= 0.3 is 0 Å². The Morgan fingerprint density at radius 2 is 0.349 bits per heavy atom. The average Bonchev–Trinajstić information content (AvgIpc) is 3.02. The fraction of sp³-hybridized carbons (Fsp3) is 1.00. The first kappa shape index (κ1) is 42.7. The van der Waals surface area contributed by atoms with Crippen LogP contribution in [0.2, 0.25) is 0 Å². The van der Waals surface area contributed by atoms with Gasteiger partial charge in [-0.1, -0.05) is 129 Å². The third-order valence-electron chi connectivity index (χ3n) is 8.29. The normalized spacial score (nSPS) is 11.6. The third-order valence-corrected chi connectivity index (χ3v) is 8.29. The van der Waals surface area contributed by atoms with Crippen LogP contribution in [0.25, 0.3) is 0 Å². The Kier molecular flexibility index (Phi) is 41.4. The Labute approximate surface area is 270 Å². The van der Waals surface area contributed by atoms with Gasteiger partial charge in [0.25, 0.3) is 0 Å². The summed E-state index contributed by atoms with van der Waals surface area (Å²) in [5.41, 5.74) is 0. The lowest BCUT2D eigenvalue weighted by Crippen LogP contribution is -2.37. The second-order valence-corrected chi connectivity index (χ2v) is 12.6. The summed E-state index contributed by atoms with van der Waals surface area (Å²) >= 11 is 0.